The van der Waals surface area contributed by atoms with Gasteiger partial charge in [-0.05, 0) is 49.2 Å². The third kappa shape index (κ3) is 3.51. The van der Waals surface area contributed by atoms with Crippen molar-refractivity contribution >= 4 is 22.8 Å². The Morgan fingerprint density at radius 3 is 2.43 bits per heavy atom. The number of nitrogens with two attached hydrogens (primary N) is 1. The van der Waals surface area contributed by atoms with Crippen molar-refractivity contribution in [2.75, 3.05) is 6.61 Å². The molecule has 1 amide bonds. The summed E-state index contributed by atoms with van der Waals surface area (Å²) in [5.74, 6) is -1.37. The molecule has 2 heterocycles. The second-order valence-electron chi connectivity index (χ2n) is 6.21. The molecule has 7 nitrogen and oxygen atoms in total. The molecule has 0 atom stereocenters. The van der Waals surface area contributed by atoms with Crippen LogP contribution in [0.4, 0.5) is 0 Å². The molecule has 0 unspecified atom stereocenters. The summed E-state index contributed by atoms with van der Waals surface area (Å²) in [4.78, 5) is 41.1. The number of aryl methyl sites for hydroxylation is 1. The van der Waals surface area contributed by atoms with Gasteiger partial charge >= 0.3 is 5.97 Å². The van der Waals surface area contributed by atoms with Gasteiger partial charge in [-0.3, -0.25) is 19.4 Å². The number of rotatable bonds is 6. The van der Waals surface area contributed by atoms with E-state index in [4.69, 9.17) is 10.5 Å². The second kappa shape index (κ2) is 8.04. The minimum Gasteiger partial charge on any atom is -0.466 e. The van der Waals surface area contributed by atoms with Gasteiger partial charge in [0.05, 0.1) is 18.5 Å². The fourth-order valence-corrected chi connectivity index (χ4v) is 3.36. The monoisotopic (exact) mass is 379 g/mol. The van der Waals surface area contributed by atoms with Crippen LogP contribution in [0.5, 0.6) is 0 Å². The van der Waals surface area contributed by atoms with Crippen LogP contribution in [0.3, 0.4) is 0 Å². The Kier molecular flexibility index (Phi) is 5.54. The number of benzene rings is 1. The van der Waals surface area contributed by atoms with Crippen LogP contribution in [-0.2, 0) is 22.5 Å². The summed E-state index contributed by atoms with van der Waals surface area (Å²) in [6.45, 7) is 4.23. The Labute approximate surface area is 161 Å². The summed E-state index contributed by atoms with van der Waals surface area (Å²) in [5, 5.41) is 0.376. The maximum absolute atomic E-state index is 13.0. The highest BCUT2D eigenvalue weighted by atomic mass is 16.5. The summed E-state index contributed by atoms with van der Waals surface area (Å²) in [5.41, 5.74) is 7.59. The largest absolute Gasteiger partial charge is 0.466 e. The van der Waals surface area contributed by atoms with E-state index in [1.165, 1.54) is 0 Å². The predicted octanol–water partition coefficient (Wildman–Crippen LogP) is 2.29. The number of aromatic nitrogens is 2. The number of fused-ring (bicyclic) bond motifs is 1. The van der Waals surface area contributed by atoms with Gasteiger partial charge in [0.2, 0.25) is 5.43 Å². The number of carbonyl (C=O) groups excluding carboxylic acids is 2. The lowest BCUT2D eigenvalue weighted by atomic mass is 10.0. The van der Waals surface area contributed by atoms with Crippen molar-refractivity contribution in [2.24, 2.45) is 5.73 Å². The molecular formula is C21H21N3O4. The van der Waals surface area contributed by atoms with Gasteiger partial charge in [0.15, 0.2) is 0 Å². The molecule has 0 bridgehead atoms. The van der Waals surface area contributed by atoms with Crippen molar-refractivity contribution in [3.05, 3.63) is 64.2 Å². The van der Waals surface area contributed by atoms with Crippen LogP contribution in [0.15, 0.2) is 47.5 Å². The quantitative estimate of drug-likeness (QED) is 0.662. The number of esters is 1. The molecule has 0 saturated heterocycles. The molecule has 0 spiro atoms. The van der Waals surface area contributed by atoms with Gasteiger partial charge in [-0.15, -0.1) is 0 Å². The van der Waals surface area contributed by atoms with E-state index in [0.29, 0.717) is 17.4 Å². The van der Waals surface area contributed by atoms with E-state index in [9.17, 15) is 14.4 Å². The van der Waals surface area contributed by atoms with Crippen LogP contribution in [0, 0.1) is 0 Å². The molecule has 1 aromatic carbocycles. The van der Waals surface area contributed by atoms with Gasteiger partial charge in [0.25, 0.3) is 5.91 Å². The first kappa shape index (κ1) is 19.3. The summed E-state index contributed by atoms with van der Waals surface area (Å²) in [6.07, 6.45) is 3.17. The molecule has 0 aliphatic heterocycles. The molecule has 0 fully saturated rings. The van der Waals surface area contributed by atoms with E-state index >= 15 is 0 Å². The predicted molar refractivity (Wildman–Crippen MR) is 106 cm³/mol. The average molecular weight is 379 g/mol. The molecule has 0 saturated carbocycles. The lowest BCUT2D eigenvalue weighted by molar-refractivity contribution is -0.142. The molecule has 3 aromatic rings. The van der Waals surface area contributed by atoms with Gasteiger partial charge in [-0.1, -0.05) is 6.07 Å². The van der Waals surface area contributed by atoms with Gasteiger partial charge < -0.3 is 15.0 Å². The number of carbonyl (C=O) groups is 2. The smallest absolute Gasteiger partial charge is 0.311 e. The minimum absolute atomic E-state index is 0.168. The number of ether oxygens (including phenoxy) is 1. The van der Waals surface area contributed by atoms with Crippen LogP contribution < -0.4 is 11.2 Å². The van der Waals surface area contributed by atoms with Crippen LogP contribution >= 0.6 is 0 Å². The molecule has 0 aliphatic rings. The molecule has 7 heteroatoms. The fourth-order valence-electron chi connectivity index (χ4n) is 3.36. The van der Waals surface area contributed by atoms with Crippen molar-refractivity contribution in [2.45, 2.75) is 26.8 Å². The number of hydrogen-bond acceptors (Lipinski definition) is 5. The van der Waals surface area contributed by atoms with E-state index in [1.54, 1.807) is 30.0 Å². The summed E-state index contributed by atoms with van der Waals surface area (Å²) in [7, 11) is 0. The standard InChI is InChI=1S/C21H21N3O4/c1-3-24-16-11-14(13-7-9-23-10-8-13)5-6-15(16)20(26)19(21(22)27)17(24)12-18(25)28-4-2/h5-11H,3-4,12H2,1-2H3,(H2,22,27). The first-order valence-corrected chi connectivity index (χ1v) is 9.03. The summed E-state index contributed by atoms with van der Waals surface area (Å²) in [6, 6.07) is 9.10. The number of nitrogens with zero attached hydrogens (tertiary/aromatic N) is 2. The van der Waals surface area contributed by atoms with Crippen LogP contribution in [0.2, 0.25) is 0 Å². The summed E-state index contributed by atoms with van der Waals surface area (Å²) >= 11 is 0. The third-order valence-electron chi connectivity index (χ3n) is 4.57. The topological polar surface area (TPSA) is 104 Å². The molecule has 144 valence electrons. The van der Waals surface area contributed by atoms with Crippen LogP contribution in [0.1, 0.15) is 29.9 Å². The maximum atomic E-state index is 13.0. The van der Waals surface area contributed by atoms with Crippen molar-refractivity contribution in [3.63, 3.8) is 0 Å². The zero-order valence-corrected chi connectivity index (χ0v) is 15.8. The second-order valence-corrected chi connectivity index (χ2v) is 6.21. The molecule has 3 rings (SSSR count). The Morgan fingerprint density at radius 1 is 1.11 bits per heavy atom. The summed E-state index contributed by atoms with van der Waals surface area (Å²) < 4.78 is 6.79. The third-order valence-corrected chi connectivity index (χ3v) is 4.57. The number of pyridine rings is 2. The van der Waals surface area contributed by atoms with Crippen LogP contribution in [-0.4, -0.2) is 28.0 Å². The van der Waals surface area contributed by atoms with Crippen LogP contribution in [0.25, 0.3) is 22.0 Å². The van der Waals surface area contributed by atoms with Gasteiger partial charge in [-0.2, -0.15) is 0 Å². The number of primary amides is 1. The van der Waals surface area contributed by atoms with Gasteiger partial charge in [0.1, 0.15) is 5.56 Å². The molecule has 0 aliphatic carbocycles. The van der Waals surface area contributed by atoms with E-state index in [1.807, 2.05) is 31.2 Å². The molecule has 2 N–H and O–H groups in total. The van der Waals surface area contributed by atoms with Crippen molar-refractivity contribution in [1.82, 2.24) is 9.55 Å². The Balaban J connectivity index is 2.32. The SMILES string of the molecule is CCOC(=O)Cc1c(C(N)=O)c(=O)c2ccc(-c3ccncc3)cc2n1CC. The Morgan fingerprint density at radius 2 is 1.82 bits per heavy atom. The Hall–Kier alpha value is -3.48. The van der Waals surface area contributed by atoms with E-state index in [0.717, 1.165) is 11.1 Å². The molecule has 28 heavy (non-hydrogen) atoms. The molecule has 0 radical (unpaired) electrons. The normalized spacial score (nSPS) is 10.8. The van der Waals surface area contributed by atoms with E-state index in [-0.39, 0.29) is 24.3 Å². The van der Waals surface area contributed by atoms with Gasteiger partial charge in [-0.25, -0.2) is 0 Å². The highest BCUT2D eigenvalue weighted by Gasteiger charge is 2.23. The molecular weight excluding hydrogens is 358 g/mol. The Bertz CT molecular complexity index is 1100. The number of amides is 1. The number of hydrogen-bond donors (Lipinski definition) is 1. The lowest BCUT2D eigenvalue weighted by Gasteiger charge is -2.18. The van der Waals surface area contributed by atoms with E-state index in [2.05, 4.69) is 4.98 Å². The maximum Gasteiger partial charge on any atom is 0.311 e. The minimum atomic E-state index is -0.855. The lowest BCUT2D eigenvalue weighted by Crippen LogP contribution is -2.30. The van der Waals surface area contributed by atoms with Crippen molar-refractivity contribution in [1.29, 1.82) is 0 Å². The average Bonchev–Trinajstić information content (AvgIpc) is 2.68. The van der Waals surface area contributed by atoms with E-state index < -0.39 is 17.3 Å². The first-order chi connectivity index (χ1) is 13.5. The van der Waals surface area contributed by atoms with Crippen molar-refractivity contribution < 1.29 is 14.3 Å². The fraction of sp³-hybridized carbons (Fsp3) is 0.238. The zero-order valence-electron chi connectivity index (χ0n) is 15.8. The highest BCUT2D eigenvalue weighted by molar-refractivity contribution is 5.99. The van der Waals surface area contributed by atoms with Gasteiger partial charge in [0, 0.05) is 30.0 Å². The molecule has 2 aromatic heterocycles. The van der Waals surface area contributed by atoms with Crippen molar-refractivity contribution in [3.8, 4) is 11.1 Å². The highest BCUT2D eigenvalue weighted by Crippen LogP contribution is 2.25. The zero-order chi connectivity index (χ0) is 20.3. The first-order valence-electron chi connectivity index (χ1n) is 9.03.